The Balaban J connectivity index is 2.00. The fourth-order valence-corrected chi connectivity index (χ4v) is 2.75. The van der Waals surface area contributed by atoms with Crippen LogP contribution in [-0.4, -0.2) is 30.0 Å². The zero-order valence-corrected chi connectivity index (χ0v) is 16.5. The lowest BCUT2D eigenvalue weighted by Gasteiger charge is -2.20. The molecule has 0 saturated carbocycles. The third-order valence-electron chi connectivity index (χ3n) is 3.79. The van der Waals surface area contributed by atoms with Gasteiger partial charge in [-0.05, 0) is 42.0 Å². The van der Waals surface area contributed by atoms with Crippen LogP contribution in [0.15, 0.2) is 54.6 Å². The van der Waals surface area contributed by atoms with E-state index in [1.54, 1.807) is 0 Å². The molecule has 10 heteroatoms. The van der Waals surface area contributed by atoms with E-state index < -0.39 is 12.4 Å². The number of alkyl halides is 3. The number of hydrogen-bond acceptors (Lipinski definition) is 4. The summed E-state index contributed by atoms with van der Waals surface area (Å²) >= 11 is 5.24. The van der Waals surface area contributed by atoms with Crippen LogP contribution in [0.1, 0.15) is 12.0 Å². The average Bonchev–Trinajstić information content (AvgIpc) is 2.69. The number of halogens is 3. The first-order chi connectivity index (χ1) is 14.3. The van der Waals surface area contributed by atoms with E-state index >= 15 is 0 Å². The molecule has 0 radical (unpaired) electrons. The summed E-state index contributed by atoms with van der Waals surface area (Å²) in [5.74, 6) is -0.682. The van der Waals surface area contributed by atoms with Crippen LogP contribution in [0, 0.1) is 11.3 Å². The molecule has 30 heavy (non-hydrogen) atoms. The van der Waals surface area contributed by atoms with Crippen molar-refractivity contribution in [3.05, 3.63) is 60.2 Å². The van der Waals surface area contributed by atoms with Crippen molar-refractivity contribution in [2.75, 3.05) is 11.9 Å². The highest BCUT2D eigenvalue weighted by atomic mass is 32.1. The minimum Gasteiger partial charge on any atom is -0.406 e. The highest BCUT2D eigenvalue weighted by molar-refractivity contribution is 7.80. The van der Waals surface area contributed by atoms with Gasteiger partial charge in [0.2, 0.25) is 5.91 Å². The number of benzene rings is 2. The summed E-state index contributed by atoms with van der Waals surface area (Å²) in [5, 5.41) is 17.1. The largest absolute Gasteiger partial charge is 0.573 e. The van der Waals surface area contributed by atoms with E-state index in [0.717, 1.165) is 17.7 Å². The Morgan fingerprint density at radius 2 is 1.80 bits per heavy atom. The van der Waals surface area contributed by atoms with Gasteiger partial charge in [0.1, 0.15) is 11.8 Å². The van der Waals surface area contributed by atoms with E-state index in [2.05, 4.69) is 20.7 Å². The number of amides is 1. The summed E-state index contributed by atoms with van der Waals surface area (Å²) in [7, 11) is 0. The van der Waals surface area contributed by atoms with Crippen LogP contribution < -0.4 is 20.7 Å². The Bertz CT molecular complexity index is 884. The van der Waals surface area contributed by atoms with E-state index in [1.807, 2.05) is 36.4 Å². The Labute approximate surface area is 177 Å². The van der Waals surface area contributed by atoms with Crippen LogP contribution in [0.5, 0.6) is 5.75 Å². The molecule has 2 rings (SSSR count). The molecule has 0 aliphatic carbocycles. The van der Waals surface area contributed by atoms with Crippen molar-refractivity contribution in [1.82, 2.24) is 10.6 Å². The van der Waals surface area contributed by atoms with E-state index in [1.165, 1.54) is 12.1 Å². The lowest BCUT2D eigenvalue weighted by Crippen LogP contribution is -2.49. The van der Waals surface area contributed by atoms with Gasteiger partial charge in [0, 0.05) is 18.7 Å². The fraction of sp³-hybridized carbons (Fsp3) is 0.250. The van der Waals surface area contributed by atoms with Crippen LogP contribution in [0.25, 0.3) is 0 Å². The molecule has 6 nitrogen and oxygen atoms in total. The van der Waals surface area contributed by atoms with Gasteiger partial charge in [-0.2, -0.15) is 5.26 Å². The smallest absolute Gasteiger partial charge is 0.406 e. The molecule has 0 spiro atoms. The van der Waals surface area contributed by atoms with Gasteiger partial charge in [-0.1, -0.05) is 30.3 Å². The molecule has 0 fully saturated rings. The molecule has 0 aliphatic rings. The van der Waals surface area contributed by atoms with Crippen molar-refractivity contribution in [3.8, 4) is 11.8 Å². The Kier molecular flexibility index (Phi) is 8.43. The maximum Gasteiger partial charge on any atom is 0.573 e. The molecule has 3 N–H and O–H groups in total. The molecule has 1 unspecified atom stereocenters. The predicted molar refractivity (Wildman–Crippen MR) is 110 cm³/mol. The van der Waals surface area contributed by atoms with Crippen LogP contribution in [0.4, 0.5) is 18.9 Å². The van der Waals surface area contributed by atoms with Crippen molar-refractivity contribution in [2.45, 2.75) is 25.2 Å². The predicted octanol–water partition coefficient (Wildman–Crippen LogP) is 3.51. The normalized spacial score (nSPS) is 11.7. The number of carbonyl (C=O) groups is 1. The number of carbonyl (C=O) groups excluding carboxylic acids is 1. The molecule has 0 aromatic heterocycles. The Morgan fingerprint density at radius 3 is 2.40 bits per heavy atom. The Hall–Kier alpha value is -3.32. The van der Waals surface area contributed by atoms with E-state index in [4.69, 9.17) is 17.5 Å². The average molecular weight is 436 g/mol. The molecule has 0 heterocycles. The van der Waals surface area contributed by atoms with Crippen molar-refractivity contribution in [3.63, 3.8) is 0 Å². The first-order valence-electron chi connectivity index (χ1n) is 8.89. The molecule has 0 aliphatic heterocycles. The second kappa shape index (κ2) is 11.0. The monoisotopic (exact) mass is 436 g/mol. The topological polar surface area (TPSA) is 86.2 Å². The van der Waals surface area contributed by atoms with Crippen LogP contribution >= 0.6 is 12.2 Å². The molecule has 2 aromatic rings. The summed E-state index contributed by atoms with van der Waals surface area (Å²) in [5.41, 5.74) is 1.33. The second-order valence-electron chi connectivity index (χ2n) is 6.11. The maximum atomic E-state index is 12.5. The molecule has 158 valence electrons. The van der Waals surface area contributed by atoms with E-state index in [-0.39, 0.29) is 29.7 Å². The van der Waals surface area contributed by atoms with Gasteiger partial charge >= 0.3 is 6.36 Å². The minimum absolute atomic E-state index is 0.121. The summed E-state index contributed by atoms with van der Waals surface area (Å²) in [6.07, 6.45) is -4.24. The van der Waals surface area contributed by atoms with Gasteiger partial charge in [0.05, 0.1) is 12.5 Å². The summed E-state index contributed by atoms with van der Waals surface area (Å²) in [6.45, 7) is 0.211. The number of hydrogen-bond donors (Lipinski definition) is 3. The van der Waals surface area contributed by atoms with Gasteiger partial charge in [-0.25, -0.2) is 0 Å². The Morgan fingerprint density at radius 1 is 1.13 bits per heavy atom. The zero-order chi connectivity index (χ0) is 22.0. The highest BCUT2D eigenvalue weighted by Gasteiger charge is 2.31. The van der Waals surface area contributed by atoms with Gasteiger partial charge in [-0.15, -0.1) is 13.2 Å². The van der Waals surface area contributed by atoms with Crippen molar-refractivity contribution >= 4 is 28.9 Å². The first kappa shape index (κ1) is 23.0. The summed E-state index contributed by atoms with van der Waals surface area (Å²) in [6, 6.07) is 15.6. The summed E-state index contributed by atoms with van der Waals surface area (Å²) < 4.78 is 40.5. The number of anilines is 1. The quantitative estimate of drug-likeness (QED) is 0.434. The molecule has 0 saturated heterocycles. The molecular formula is C20H19F3N4O2S. The number of nitrogens with one attached hydrogen (secondary N) is 3. The zero-order valence-electron chi connectivity index (χ0n) is 15.7. The van der Waals surface area contributed by atoms with Gasteiger partial charge < -0.3 is 20.7 Å². The minimum atomic E-state index is -4.77. The van der Waals surface area contributed by atoms with Crippen molar-refractivity contribution in [2.24, 2.45) is 0 Å². The molecule has 1 amide bonds. The van der Waals surface area contributed by atoms with E-state index in [0.29, 0.717) is 12.1 Å². The third-order valence-corrected chi connectivity index (χ3v) is 4.01. The van der Waals surface area contributed by atoms with Gasteiger partial charge in [0.15, 0.2) is 5.11 Å². The number of nitrogens with zero attached hydrogens (tertiary/aromatic N) is 1. The summed E-state index contributed by atoms with van der Waals surface area (Å²) in [4.78, 5) is 12.5. The lowest BCUT2D eigenvalue weighted by atomic mass is 10.1. The maximum absolute atomic E-state index is 12.5. The van der Waals surface area contributed by atoms with Crippen molar-refractivity contribution < 1.29 is 22.7 Å². The SMILES string of the molecule is N#CCCNC(=O)C(Cc1ccccc1)NC(=S)Nc1ccc(OC(F)(F)F)cc1. The van der Waals surface area contributed by atoms with Crippen LogP contribution in [0.2, 0.25) is 0 Å². The number of nitriles is 1. The number of ether oxygens (including phenoxy) is 1. The second-order valence-corrected chi connectivity index (χ2v) is 6.52. The first-order valence-corrected chi connectivity index (χ1v) is 9.29. The fourth-order valence-electron chi connectivity index (χ4n) is 2.49. The molecule has 2 aromatic carbocycles. The van der Waals surface area contributed by atoms with Crippen LogP contribution in [-0.2, 0) is 11.2 Å². The van der Waals surface area contributed by atoms with Gasteiger partial charge in [0.25, 0.3) is 0 Å². The van der Waals surface area contributed by atoms with Gasteiger partial charge in [-0.3, -0.25) is 4.79 Å². The lowest BCUT2D eigenvalue weighted by molar-refractivity contribution is -0.274. The molecule has 1 atom stereocenters. The number of thiocarbonyl (C=S) groups is 1. The van der Waals surface area contributed by atoms with E-state index in [9.17, 15) is 18.0 Å². The third kappa shape index (κ3) is 8.36. The highest BCUT2D eigenvalue weighted by Crippen LogP contribution is 2.23. The number of rotatable bonds is 8. The molecule has 0 bridgehead atoms. The molecular weight excluding hydrogens is 417 g/mol. The van der Waals surface area contributed by atoms with Crippen LogP contribution in [0.3, 0.4) is 0 Å². The van der Waals surface area contributed by atoms with Crippen molar-refractivity contribution in [1.29, 1.82) is 5.26 Å². The standard InChI is InChI=1S/C20H19F3N4O2S/c21-20(22,23)29-16-9-7-15(8-10-16)26-19(30)27-17(18(28)25-12-4-11-24)13-14-5-2-1-3-6-14/h1-3,5-10,17H,4,12-13H2,(H,25,28)(H2,26,27,30).